The molecule has 3 aromatic rings. The number of carbonyl (C=O) groups excluding carboxylic acids is 9. The lowest BCUT2D eigenvalue weighted by molar-refractivity contribution is -0.173. The number of aliphatic carboxylic acids is 1. The van der Waals surface area contributed by atoms with Gasteiger partial charge in [0.2, 0.25) is 0 Å². The van der Waals surface area contributed by atoms with E-state index >= 15 is 4.79 Å². The maximum absolute atomic E-state index is 15.0. The molecule has 2 aliphatic heterocycles. The number of amides is 5. The topological polar surface area (TPSA) is 305 Å². The first-order valence-electron chi connectivity index (χ1n) is 20.3. The number of β-lactam (4-membered cyclic amide) rings is 1. The Morgan fingerprint density at radius 3 is 1.77 bits per heavy atom. The second-order valence-corrected chi connectivity index (χ2v) is 17.3. The first-order chi connectivity index (χ1) is 31.0. The van der Waals surface area contributed by atoms with Crippen LogP contribution < -0.4 is 35.3 Å². The highest BCUT2D eigenvalue weighted by atomic mass is 32.2. The van der Waals surface area contributed by atoms with Crippen LogP contribution in [0.4, 0.5) is 0 Å². The molecule has 3 aromatic carbocycles. The highest BCUT2D eigenvalue weighted by Crippen LogP contribution is 2.52. The minimum absolute atomic E-state index is 0.0225. The van der Waals surface area contributed by atoms with Crippen molar-refractivity contribution in [3.05, 3.63) is 77.4 Å². The fourth-order valence-electron chi connectivity index (χ4n) is 7.38. The molecule has 0 bridgehead atoms. The van der Waals surface area contributed by atoms with E-state index in [9.17, 15) is 53.4 Å². The second kappa shape index (κ2) is 20.7. The number of fused-ring (bicyclic) bond motifs is 1. The van der Waals surface area contributed by atoms with Crippen molar-refractivity contribution in [2.75, 3.05) is 6.54 Å². The summed E-state index contributed by atoms with van der Waals surface area (Å²) in [7, 11) is 0. The molecule has 5 rings (SSSR count). The largest absolute Gasteiger partial charge is 0.508 e. The van der Waals surface area contributed by atoms with Crippen LogP contribution in [0.5, 0.6) is 28.7 Å². The van der Waals surface area contributed by atoms with Crippen LogP contribution in [-0.2, 0) is 38.4 Å². The summed E-state index contributed by atoms with van der Waals surface area (Å²) in [5.41, 5.74) is 6.03. The van der Waals surface area contributed by atoms with E-state index in [0.29, 0.717) is 4.90 Å². The minimum Gasteiger partial charge on any atom is -0.508 e. The monoisotopic (exact) mass is 933 g/mol. The third kappa shape index (κ3) is 11.1. The average Bonchev–Trinajstić information content (AvgIpc) is 3.49. The van der Waals surface area contributed by atoms with Crippen molar-refractivity contribution in [1.82, 2.24) is 20.4 Å². The minimum atomic E-state index is -1.68. The number of hydrogen-bond acceptors (Lipinski definition) is 17. The third-order valence-corrected chi connectivity index (χ3v) is 11.7. The number of ether oxygens (including phenoxy) is 4. The molecule has 0 aromatic heterocycles. The number of benzene rings is 3. The molecule has 22 heteroatoms. The molecule has 0 saturated carbocycles. The summed E-state index contributed by atoms with van der Waals surface area (Å²) in [5.74, 6) is -11.0. The number of thioether (sulfide) groups is 1. The Balaban J connectivity index is 1.50. The molecular formula is C44H47N5O16S. The van der Waals surface area contributed by atoms with Gasteiger partial charge in [-0.1, -0.05) is 24.3 Å². The van der Waals surface area contributed by atoms with Gasteiger partial charge >= 0.3 is 29.8 Å². The van der Waals surface area contributed by atoms with Gasteiger partial charge in [-0.05, 0) is 75.1 Å². The van der Waals surface area contributed by atoms with E-state index in [1.54, 1.807) is 13.8 Å². The zero-order valence-corrected chi connectivity index (χ0v) is 37.3. The van der Waals surface area contributed by atoms with Gasteiger partial charge in [0.15, 0.2) is 23.0 Å². The van der Waals surface area contributed by atoms with Gasteiger partial charge in [-0.25, -0.2) is 4.79 Å². The standard InChI is InChI=1S/C44H47N5O16S/c1-21(50)62-30-14-9-11-27(34(30)64-23(3)52)37(55)46-20-8-7-13-29(47-38(56)28-12-10-15-31(63-22(2)51)35(28)65-24(4)53)39(57)48(40(58)32(45)25-16-18-26(54)19-17-25)33-41(59)49-36(43(60)61)44(5,6)66-42(33)49/h9-12,14-19,29,32-33,36,42,54H,7-8,13,20,45H2,1-6H3,(H,46,55)(H,47,56)(H,60,61)/t29?,32?,33-,36+,42-/m1/s1. The van der Waals surface area contributed by atoms with Crippen LogP contribution in [0, 0.1) is 0 Å². The maximum atomic E-state index is 15.0. The van der Waals surface area contributed by atoms with Gasteiger partial charge in [0.1, 0.15) is 35.3 Å². The molecular weight excluding hydrogens is 887 g/mol. The zero-order chi connectivity index (χ0) is 48.8. The number of unbranched alkanes of at least 4 members (excludes halogenated alkanes) is 1. The molecule has 66 heavy (non-hydrogen) atoms. The van der Waals surface area contributed by atoms with Crippen molar-refractivity contribution in [3.63, 3.8) is 0 Å². The van der Waals surface area contributed by atoms with Crippen molar-refractivity contribution < 1.29 is 77.1 Å². The molecule has 6 N–H and O–H groups in total. The predicted octanol–water partition coefficient (Wildman–Crippen LogP) is 2.36. The van der Waals surface area contributed by atoms with E-state index in [0.717, 1.165) is 44.4 Å². The number of nitrogens with zero attached hydrogens (tertiary/aromatic N) is 2. The van der Waals surface area contributed by atoms with Crippen LogP contribution in [0.3, 0.4) is 0 Å². The molecule has 5 atom stereocenters. The van der Waals surface area contributed by atoms with Crippen molar-refractivity contribution in [2.24, 2.45) is 5.73 Å². The first kappa shape index (κ1) is 49.7. The molecule has 0 spiro atoms. The van der Waals surface area contributed by atoms with Gasteiger partial charge in [0.05, 0.1) is 11.1 Å². The summed E-state index contributed by atoms with van der Waals surface area (Å²) in [6, 6.07) is 6.71. The number of phenolic OH excluding ortho intramolecular Hbond substituents is 1. The number of rotatable bonds is 17. The van der Waals surface area contributed by atoms with E-state index in [-0.39, 0.29) is 65.5 Å². The van der Waals surface area contributed by atoms with Crippen LogP contribution in [0.15, 0.2) is 60.7 Å². The Kier molecular flexibility index (Phi) is 15.6. The number of nitrogens with two attached hydrogens (primary N) is 1. The predicted molar refractivity (Wildman–Crippen MR) is 230 cm³/mol. The molecule has 21 nitrogen and oxygen atoms in total. The molecule has 2 fully saturated rings. The van der Waals surface area contributed by atoms with Gasteiger partial charge in [0, 0.05) is 39.0 Å². The lowest BCUT2D eigenvalue weighted by atomic mass is 9.93. The van der Waals surface area contributed by atoms with Crippen molar-refractivity contribution in [1.29, 1.82) is 0 Å². The highest BCUT2D eigenvalue weighted by molar-refractivity contribution is 8.01. The fraction of sp³-hybridized carbons (Fsp3) is 0.364. The number of hydrogen-bond donors (Lipinski definition) is 5. The van der Waals surface area contributed by atoms with Crippen LogP contribution in [0.1, 0.15) is 93.1 Å². The summed E-state index contributed by atoms with van der Waals surface area (Å²) in [5, 5.41) is 24.1. The van der Waals surface area contributed by atoms with Crippen LogP contribution >= 0.6 is 11.8 Å². The van der Waals surface area contributed by atoms with Gasteiger partial charge in [-0.15, -0.1) is 11.8 Å². The van der Waals surface area contributed by atoms with Gasteiger partial charge < -0.3 is 50.4 Å². The van der Waals surface area contributed by atoms with E-state index in [4.69, 9.17) is 24.7 Å². The van der Waals surface area contributed by atoms with Crippen LogP contribution in [0.25, 0.3) is 0 Å². The number of carboxylic acid groups (broad SMARTS) is 1. The van der Waals surface area contributed by atoms with Gasteiger partial charge in [0.25, 0.3) is 29.5 Å². The maximum Gasteiger partial charge on any atom is 0.327 e. The summed E-state index contributed by atoms with van der Waals surface area (Å²) >= 11 is 1.04. The summed E-state index contributed by atoms with van der Waals surface area (Å²) in [6.45, 7) is 7.40. The van der Waals surface area contributed by atoms with Gasteiger partial charge in [-0.2, -0.15) is 0 Å². The summed E-state index contributed by atoms with van der Waals surface area (Å²) in [4.78, 5) is 133. The van der Waals surface area contributed by atoms with E-state index < -0.39 is 99.4 Å². The Morgan fingerprint density at radius 1 is 0.758 bits per heavy atom. The Labute approximate surface area is 381 Å². The zero-order valence-electron chi connectivity index (χ0n) is 36.5. The molecule has 0 radical (unpaired) electrons. The highest BCUT2D eigenvalue weighted by Gasteiger charge is 2.67. The molecule has 5 amide bonds. The number of nitrogens with one attached hydrogen (secondary N) is 2. The fourth-order valence-corrected chi connectivity index (χ4v) is 9.05. The van der Waals surface area contributed by atoms with E-state index in [2.05, 4.69) is 10.6 Å². The quantitative estimate of drug-likeness (QED) is 0.0562. The van der Waals surface area contributed by atoms with Crippen molar-refractivity contribution >= 4 is 71.1 Å². The first-order valence-corrected chi connectivity index (χ1v) is 21.1. The Hall–Kier alpha value is -7.33. The lowest BCUT2D eigenvalue weighted by Gasteiger charge is -2.48. The molecule has 2 heterocycles. The number of phenols is 1. The normalized spacial score (nSPS) is 17.7. The number of esters is 4. The number of carboxylic acids is 1. The number of aromatic hydroxyl groups is 1. The van der Waals surface area contributed by atoms with E-state index in [1.807, 2.05) is 0 Å². The lowest BCUT2D eigenvalue weighted by Crippen LogP contribution is -2.73. The second-order valence-electron chi connectivity index (χ2n) is 15.6. The Morgan fingerprint density at radius 2 is 1.27 bits per heavy atom. The van der Waals surface area contributed by atoms with Crippen LogP contribution in [-0.4, -0.2) is 114 Å². The average molecular weight is 934 g/mol. The third-order valence-electron chi connectivity index (χ3n) is 10.2. The number of para-hydroxylation sites is 2. The molecule has 2 unspecified atom stereocenters. The Bertz CT molecular complexity index is 2480. The summed E-state index contributed by atoms with van der Waals surface area (Å²) < 4.78 is 19.6. The summed E-state index contributed by atoms with van der Waals surface area (Å²) in [6.07, 6.45) is -0.158. The molecule has 2 saturated heterocycles. The van der Waals surface area contributed by atoms with Crippen molar-refractivity contribution in [3.8, 4) is 28.7 Å². The SMILES string of the molecule is CC(=O)Oc1cccc(C(=O)NCCCCC(NC(=O)c2cccc(OC(C)=O)c2OC(C)=O)C(=O)N(C(=O)C(N)c2ccc(O)cc2)[C@@H]2C(=O)N3[C@@H]2SC(C)(C)[C@@H]3C(=O)O)c1OC(C)=O. The molecule has 350 valence electrons. The van der Waals surface area contributed by atoms with Crippen molar-refractivity contribution in [2.45, 2.75) is 95.1 Å². The van der Waals surface area contributed by atoms with Gasteiger partial charge in [-0.3, -0.25) is 48.1 Å². The number of carbonyl (C=O) groups is 10. The molecule has 2 aliphatic rings. The number of imide groups is 1. The molecule has 0 aliphatic carbocycles. The van der Waals surface area contributed by atoms with Crippen LogP contribution in [0.2, 0.25) is 0 Å². The van der Waals surface area contributed by atoms with E-state index in [1.165, 1.54) is 60.7 Å². The smallest absolute Gasteiger partial charge is 0.327 e.